The quantitative estimate of drug-likeness (QED) is 0.851. The molecule has 18 heavy (non-hydrogen) atoms. The van der Waals surface area contributed by atoms with Gasteiger partial charge in [0, 0.05) is 29.6 Å². The summed E-state index contributed by atoms with van der Waals surface area (Å²) in [6.45, 7) is 5.78. The molecule has 2 aliphatic heterocycles. The largest absolute Gasteiger partial charge is 0.313 e. The van der Waals surface area contributed by atoms with Gasteiger partial charge in [-0.05, 0) is 26.3 Å². The Kier molecular flexibility index (Phi) is 4.97. The molecule has 0 spiro atoms. The van der Waals surface area contributed by atoms with E-state index in [-0.39, 0.29) is 17.8 Å². The summed E-state index contributed by atoms with van der Waals surface area (Å²) in [6.07, 6.45) is 3.31. The highest BCUT2D eigenvalue weighted by molar-refractivity contribution is 8.00. The SMILES string of the molecule is CC1SCCN(S(=O)(=O)CC2CCCCN2)C1C. The lowest BCUT2D eigenvalue weighted by molar-refractivity contribution is 0.333. The second kappa shape index (κ2) is 6.11. The Labute approximate surface area is 115 Å². The van der Waals surface area contributed by atoms with Crippen LogP contribution in [0.25, 0.3) is 0 Å². The van der Waals surface area contributed by atoms with E-state index < -0.39 is 10.0 Å². The number of thioether (sulfide) groups is 1. The molecule has 0 amide bonds. The zero-order chi connectivity index (χ0) is 13.2. The first-order chi connectivity index (χ1) is 8.50. The molecule has 2 heterocycles. The van der Waals surface area contributed by atoms with Crippen LogP contribution in [0, 0.1) is 0 Å². The minimum atomic E-state index is -3.11. The summed E-state index contributed by atoms with van der Waals surface area (Å²) in [4.78, 5) is 0. The summed E-state index contributed by atoms with van der Waals surface area (Å²) >= 11 is 1.87. The summed E-state index contributed by atoms with van der Waals surface area (Å²) in [5.74, 6) is 1.19. The zero-order valence-electron chi connectivity index (χ0n) is 11.3. The van der Waals surface area contributed by atoms with Gasteiger partial charge in [-0.15, -0.1) is 0 Å². The molecule has 2 rings (SSSR count). The van der Waals surface area contributed by atoms with Crippen LogP contribution in [-0.4, -0.2) is 54.7 Å². The van der Waals surface area contributed by atoms with E-state index in [1.165, 1.54) is 6.42 Å². The van der Waals surface area contributed by atoms with Crippen molar-refractivity contribution < 1.29 is 8.42 Å². The molecule has 0 radical (unpaired) electrons. The smallest absolute Gasteiger partial charge is 0.215 e. The van der Waals surface area contributed by atoms with Crippen LogP contribution in [0.2, 0.25) is 0 Å². The number of rotatable bonds is 3. The summed E-state index contributed by atoms with van der Waals surface area (Å²) in [5, 5.41) is 3.73. The molecule has 2 saturated heterocycles. The fraction of sp³-hybridized carbons (Fsp3) is 1.00. The van der Waals surface area contributed by atoms with Gasteiger partial charge in [0.25, 0.3) is 0 Å². The molecule has 6 heteroatoms. The predicted octanol–water partition coefficient (Wildman–Crippen LogP) is 1.28. The van der Waals surface area contributed by atoms with Crippen molar-refractivity contribution in [1.29, 1.82) is 0 Å². The molecule has 0 bridgehead atoms. The van der Waals surface area contributed by atoms with Crippen molar-refractivity contribution in [2.24, 2.45) is 0 Å². The molecular formula is C12H24N2O2S2. The molecule has 2 fully saturated rings. The molecule has 3 atom stereocenters. The molecular weight excluding hydrogens is 268 g/mol. The zero-order valence-corrected chi connectivity index (χ0v) is 12.9. The summed E-state index contributed by atoms with van der Waals surface area (Å²) in [6, 6.07) is 0.276. The minimum absolute atomic E-state index is 0.123. The Hall–Kier alpha value is 0.220. The van der Waals surface area contributed by atoms with Crippen molar-refractivity contribution in [3.63, 3.8) is 0 Å². The third-order valence-electron chi connectivity index (χ3n) is 4.01. The third kappa shape index (κ3) is 3.40. The van der Waals surface area contributed by atoms with E-state index in [0.717, 1.165) is 25.1 Å². The molecule has 0 aromatic heterocycles. The fourth-order valence-corrected chi connectivity index (χ4v) is 6.05. The lowest BCUT2D eigenvalue weighted by Crippen LogP contribution is -2.51. The molecule has 2 aliphatic rings. The van der Waals surface area contributed by atoms with Gasteiger partial charge >= 0.3 is 0 Å². The standard InChI is InChI=1S/C12H24N2O2S2/c1-10-11(2)17-8-7-14(10)18(15,16)9-12-5-3-4-6-13-12/h10-13H,3-9H2,1-2H3. The first-order valence-electron chi connectivity index (χ1n) is 6.85. The van der Waals surface area contributed by atoms with E-state index in [1.807, 2.05) is 18.7 Å². The fourth-order valence-electron chi connectivity index (χ4n) is 2.71. The predicted molar refractivity (Wildman–Crippen MR) is 77.5 cm³/mol. The maximum atomic E-state index is 12.5. The summed E-state index contributed by atoms with van der Waals surface area (Å²) < 4.78 is 26.7. The van der Waals surface area contributed by atoms with Crippen molar-refractivity contribution in [3.8, 4) is 0 Å². The Morgan fingerprint density at radius 1 is 1.33 bits per heavy atom. The van der Waals surface area contributed by atoms with E-state index in [0.29, 0.717) is 11.8 Å². The summed E-state index contributed by atoms with van der Waals surface area (Å²) in [5.41, 5.74) is 0. The van der Waals surface area contributed by atoms with Gasteiger partial charge in [0.1, 0.15) is 0 Å². The molecule has 0 aromatic carbocycles. The molecule has 4 nitrogen and oxygen atoms in total. The first-order valence-corrected chi connectivity index (χ1v) is 9.51. The topological polar surface area (TPSA) is 49.4 Å². The maximum absolute atomic E-state index is 12.5. The number of nitrogens with one attached hydrogen (secondary N) is 1. The van der Waals surface area contributed by atoms with Crippen LogP contribution in [0.5, 0.6) is 0 Å². The highest BCUT2D eigenvalue weighted by Gasteiger charge is 2.35. The molecule has 0 saturated carbocycles. The second-order valence-corrected chi connectivity index (χ2v) is 8.80. The van der Waals surface area contributed by atoms with Crippen LogP contribution in [0.3, 0.4) is 0 Å². The van der Waals surface area contributed by atoms with E-state index in [9.17, 15) is 8.42 Å². The first kappa shape index (κ1) is 14.6. The molecule has 0 aliphatic carbocycles. The Morgan fingerprint density at radius 3 is 2.78 bits per heavy atom. The van der Waals surface area contributed by atoms with E-state index in [4.69, 9.17) is 0 Å². The molecule has 1 N–H and O–H groups in total. The number of nitrogens with zero attached hydrogens (tertiary/aromatic N) is 1. The van der Waals surface area contributed by atoms with Crippen LogP contribution in [-0.2, 0) is 10.0 Å². The van der Waals surface area contributed by atoms with Crippen LogP contribution < -0.4 is 5.32 Å². The normalized spacial score (nSPS) is 35.6. The van der Waals surface area contributed by atoms with E-state index in [1.54, 1.807) is 4.31 Å². The average Bonchev–Trinajstić information content (AvgIpc) is 2.33. The van der Waals surface area contributed by atoms with Gasteiger partial charge in [0.05, 0.1) is 5.75 Å². The van der Waals surface area contributed by atoms with Gasteiger partial charge in [-0.3, -0.25) is 0 Å². The maximum Gasteiger partial charge on any atom is 0.215 e. The van der Waals surface area contributed by atoms with Crippen LogP contribution >= 0.6 is 11.8 Å². The van der Waals surface area contributed by atoms with Crippen LogP contribution in [0.4, 0.5) is 0 Å². The van der Waals surface area contributed by atoms with Gasteiger partial charge in [-0.25, -0.2) is 8.42 Å². The number of piperidine rings is 1. The van der Waals surface area contributed by atoms with Gasteiger partial charge in [-0.1, -0.05) is 13.3 Å². The second-order valence-electron chi connectivity index (χ2n) is 5.35. The lowest BCUT2D eigenvalue weighted by Gasteiger charge is -2.37. The Balaban J connectivity index is 2.00. The number of hydrogen-bond acceptors (Lipinski definition) is 4. The average molecular weight is 292 g/mol. The van der Waals surface area contributed by atoms with Gasteiger partial charge in [-0.2, -0.15) is 16.1 Å². The highest BCUT2D eigenvalue weighted by atomic mass is 32.2. The third-order valence-corrected chi connectivity index (χ3v) is 7.40. The number of sulfonamides is 1. The van der Waals surface area contributed by atoms with Crippen LogP contribution in [0.1, 0.15) is 33.1 Å². The Morgan fingerprint density at radius 2 is 2.11 bits per heavy atom. The summed E-state index contributed by atoms with van der Waals surface area (Å²) in [7, 11) is -3.11. The lowest BCUT2D eigenvalue weighted by atomic mass is 10.1. The van der Waals surface area contributed by atoms with E-state index in [2.05, 4.69) is 12.2 Å². The van der Waals surface area contributed by atoms with Crippen molar-refractivity contribution in [2.45, 2.75) is 50.4 Å². The van der Waals surface area contributed by atoms with Gasteiger partial charge in [0.15, 0.2) is 0 Å². The van der Waals surface area contributed by atoms with Crippen molar-refractivity contribution in [3.05, 3.63) is 0 Å². The molecule has 106 valence electrons. The highest BCUT2D eigenvalue weighted by Crippen LogP contribution is 2.27. The van der Waals surface area contributed by atoms with Gasteiger partial charge in [0.2, 0.25) is 10.0 Å². The molecule has 3 unspecified atom stereocenters. The Bertz CT molecular complexity index is 366. The number of hydrogen-bond donors (Lipinski definition) is 1. The van der Waals surface area contributed by atoms with Crippen LogP contribution in [0.15, 0.2) is 0 Å². The van der Waals surface area contributed by atoms with Crippen molar-refractivity contribution in [1.82, 2.24) is 9.62 Å². The van der Waals surface area contributed by atoms with E-state index >= 15 is 0 Å². The van der Waals surface area contributed by atoms with Crippen molar-refractivity contribution >= 4 is 21.8 Å². The minimum Gasteiger partial charge on any atom is -0.313 e. The van der Waals surface area contributed by atoms with Gasteiger partial charge < -0.3 is 5.32 Å². The monoisotopic (exact) mass is 292 g/mol. The molecule has 0 aromatic rings. The van der Waals surface area contributed by atoms with Crippen molar-refractivity contribution in [2.75, 3.05) is 24.6 Å².